The predicted octanol–water partition coefficient (Wildman–Crippen LogP) is 2.70. The number of hydrogen-bond donors (Lipinski definition) is 0. The Morgan fingerprint density at radius 1 is 1.33 bits per heavy atom. The second kappa shape index (κ2) is 8.00. The van der Waals surface area contributed by atoms with Crippen LogP contribution in [0.1, 0.15) is 37.8 Å². The zero-order chi connectivity index (χ0) is 15.1. The average Bonchev–Trinajstić information content (AvgIpc) is 2.96. The third kappa shape index (κ3) is 5.03. The largest absolute Gasteiger partial charge is 0.462 e. The van der Waals surface area contributed by atoms with Crippen molar-refractivity contribution in [3.63, 3.8) is 0 Å². The summed E-state index contributed by atoms with van der Waals surface area (Å²) in [6.07, 6.45) is 2.36. The van der Waals surface area contributed by atoms with Gasteiger partial charge in [0.1, 0.15) is 6.29 Å². The van der Waals surface area contributed by atoms with Gasteiger partial charge >= 0.3 is 13.5 Å². The topological polar surface area (TPSA) is 44.8 Å². The van der Waals surface area contributed by atoms with Gasteiger partial charge in [0.05, 0.1) is 12.6 Å². The molecule has 1 heterocycles. The highest BCUT2D eigenvalue weighted by atomic mass is 16.7. The van der Waals surface area contributed by atoms with Crippen LogP contribution in [0.25, 0.3) is 0 Å². The third-order valence-corrected chi connectivity index (χ3v) is 3.34. The molecule has 0 aromatic heterocycles. The lowest BCUT2D eigenvalue weighted by Gasteiger charge is -2.12. The van der Waals surface area contributed by atoms with E-state index in [1.54, 1.807) is 6.92 Å². The number of esters is 1. The van der Waals surface area contributed by atoms with Gasteiger partial charge in [-0.05, 0) is 31.7 Å². The molecule has 1 aromatic rings. The van der Waals surface area contributed by atoms with E-state index in [2.05, 4.69) is 6.58 Å². The van der Waals surface area contributed by atoms with Gasteiger partial charge in [0, 0.05) is 5.57 Å². The summed E-state index contributed by atoms with van der Waals surface area (Å²) >= 11 is 0. The van der Waals surface area contributed by atoms with Crippen molar-refractivity contribution in [1.29, 1.82) is 0 Å². The van der Waals surface area contributed by atoms with Crippen LogP contribution in [-0.4, -0.2) is 26.3 Å². The molecule has 2 atom stereocenters. The van der Waals surface area contributed by atoms with Crippen molar-refractivity contribution in [3.05, 3.63) is 48.0 Å². The first-order valence-corrected chi connectivity index (χ1v) is 7.31. The highest BCUT2D eigenvalue weighted by molar-refractivity contribution is 6.29. The summed E-state index contributed by atoms with van der Waals surface area (Å²) in [7, 11) is 0.597. The first-order chi connectivity index (χ1) is 10.2. The Kier molecular flexibility index (Phi) is 6.02. The fraction of sp³-hybridized carbons (Fsp3) is 0.438. The Labute approximate surface area is 126 Å². The second-order valence-corrected chi connectivity index (χ2v) is 5.21. The summed E-state index contributed by atoms with van der Waals surface area (Å²) < 4.78 is 16.5. The van der Waals surface area contributed by atoms with Crippen molar-refractivity contribution in [2.45, 2.75) is 38.5 Å². The minimum atomic E-state index is -0.326. The molecule has 0 bridgehead atoms. The van der Waals surface area contributed by atoms with E-state index >= 15 is 0 Å². The van der Waals surface area contributed by atoms with Crippen LogP contribution in [0, 0.1) is 0 Å². The zero-order valence-electron chi connectivity index (χ0n) is 12.4. The smallest absolute Gasteiger partial charge is 0.333 e. The molecular weight excluding hydrogens is 267 g/mol. The molecule has 0 aliphatic carbocycles. The molecule has 4 nitrogen and oxygen atoms in total. The quantitative estimate of drug-likeness (QED) is 0.335. The number of rotatable bonds is 7. The van der Waals surface area contributed by atoms with E-state index in [9.17, 15) is 4.79 Å². The molecule has 0 radical (unpaired) electrons. The molecule has 5 heteroatoms. The van der Waals surface area contributed by atoms with Crippen molar-refractivity contribution in [2.24, 2.45) is 0 Å². The lowest BCUT2D eigenvalue weighted by molar-refractivity contribution is -0.139. The number of benzene rings is 1. The lowest BCUT2D eigenvalue weighted by atomic mass is 9.86. The van der Waals surface area contributed by atoms with E-state index in [-0.39, 0.29) is 18.3 Å². The summed E-state index contributed by atoms with van der Waals surface area (Å²) in [4.78, 5) is 11.2. The third-order valence-electron chi connectivity index (χ3n) is 3.34. The van der Waals surface area contributed by atoms with Gasteiger partial charge in [0.25, 0.3) is 0 Å². The maximum Gasteiger partial charge on any atom is 0.333 e. The van der Waals surface area contributed by atoms with Crippen molar-refractivity contribution >= 4 is 13.5 Å². The van der Waals surface area contributed by atoms with E-state index in [0.29, 0.717) is 19.7 Å². The Hall–Kier alpha value is -1.59. The van der Waals surface area contributed by atoms with E-state index in [4.69, 9.17) is 14.1 Å². The highest BCUT2D eigenvalue weighted by Crippen LogP contribution is 2.26. The van der Waals surface area contributed by atoms with Gasteiger partial charge in [-0.15, -0.1) is 0 Å². The van der Waals surface area contributed by atoms with Crippen LogP contribution >= 0.6 is 0 Å². The van der Waals surface area contributed by atoms with Crippen LogP contribution < -0.4 is 0 Å². The van der Waals surface area contributed by atoms with Gasteiger partial charge in [-0.2, -0.15) is 0 Å². The lowest BCUT2D eigenvalue weighted by Crippen LogP contribution is -2.10. The van der Waals surface area contributed by atoms with Crippen molar-refractivity contribution in [2.75, 3.05) is 6.61 Å². The molecule has 0 spiro atoms. The Balaban J connectivity index is 1.61. The summed E-state index contributed by atoms with van der Waals surface area (Å²) in [6.45, 7) is 5.60. The second-order valence-electron chi connectivity index (χ2n) is 5.21. The molecule has 1 fully saturated rings. The maximum atomic E-state index is 11.2. The highest BCUT2D eigenvalue weighted by Gasteiger charge is 2.28. The number of carbonyl (C=O) groups excluding carboxylic acids is 1. The van der Waals surface area contributed by atoms with Crippen molar-refractivity contribution in [3.8, 4) is 0 Å². The van der Waals surface area contributed by atoms with Crippen LogP contribution in [0.2, 0.25) is 0 Å². The first kappa shape index (κ1) is 15.8. The molecule has 0 amide bonds. The van der Waals surface area contributed by atoms with E-state index in [1.807, 2.05) is 30.3 Å². The van der Waals surface area contributed by atoms with Gasteiger partial charge in [-0.3, -0.25) is 0 Å². The SMILES string of the molecule is C=C(C)C(=O)OCCCCC1OBC(c2ccccc2)O1. The summed E-state index contributed by atoms with van der Waals surface area (Å²) in [5, 5.41) is 0. The van der Waals surface area contributed by atoms with Gasteiger partial charge in [-0.25, -0.2) is 4.79 Å². The van der Waals surface area contributed by atoms with E-state index in [1.165, 1.54) is 0 Å². The first-order valence-electron chi connectivity index (χ1n) is 7.31. The van der Waals surface area contributed by atoms with Crippen LogP contribution in [0.5, 0.6) is 0 Å². The molecular formula is C16H21BO4. The maximum absolute atomic E-state index is 11.2. The van der Waals surface area contributed by atoms with Gasteiger partial charge in [0.15, 0.2) is 0 Å². The molecule has 112 valence electrons. The van der Waals surface area contributed by atoms with Gasteiger partial charge < -0.3 is 14.1 Å². The molecule has 0 N–H and O–H groups in total. The molecule has 1 aromatic carbocycles. The monoisotopic (exact) mass is 288 g/mol. The van der Waals surface area contributed by atoms with Crippen molar-refractivity contribution in [1.82, 2.24) is 0 Å². The molecule has 21 heavy (non-hydrogen) atoms. The normalized spacial score (nSPS) is 20.8. The Morgan fingerprint density at radius 3 is 2.81 bits per heavy atom. The standard InChI is InChI=1S/C16H21BO4/c1-12(2)16(18)19-11-7-6-10-14-20-15(17-21-14)13-8-4-3-5-9-13/h3-5,8-9,14-15,17H,1,6-7,10-11H2,2H3. The van der Waals surface area contributed by atoms with E-state index in [0.717, 1.165) is 24.8 Å². The van der Waals surface area contributed by atoms with Crippen LogP contribution in [-0.2, 0) is 18.9 Å². The number of carbonyl (C=O) groups is 1. The Bertz CT molecular complexity index is 474. The van der Waals surface area contributed by atoms with Crippen LogP contribution in [0.3, 0.4) is 0 Å². The minimum absolute atomic E-state index is 0.0254. The predicted molar refractivity (Wildman–Crippen MR) is 81.9 cm³/mol. The Morgan fingerprint density at radius 2 is 2.10 bits per heavy atom. The average molecular weight is 288 g/mol. The molecule has 1 saturated heterocycles. The molecule has 1 aliphatic rings. The summed E-state index contributed by atoms with van der Waals surface area (Å²) in [6, 6.07) is 10.1. The minimum Gasteiger partial charge on any atom is -0.462 e. The van der Waals surface area contributed by atoms with Crippen LogP contribution in [0.15, 0.2) is 42.5 Å². The van der Waals surface area contributed by atoms with Gasteiger partial charge in [-0.1, -0.05) is 36.9 Å². The molecule has 2 unspecified atom stereocenters. The van der Waals surface area contributed by atoms with Crippen molar-refractivity contribution < 1.29 is 18.9 Å². The summed E-state index contributed by atoms with van der Waals surface area (Å²) in [5.74, 6) is -0.326. The van der Waals surface area contributed by atoms with E-state index < -0.39 is 0 Å². The molecule has 2 rings (SSSR count). The van der Waals surface area contributed by atoms with Gasteiger partial charge in [0.2, 0.25) is 0 Å². The van der Waals surface area contributed by atoms with Crippen LogP contribution in [0.4, 0.5) is 0 Å². The summed E-state index contributed by atoms with van der Waals surface area (Å²) in [5.41, 5.74) is 1.58. The number of unbranched alkanes of at least 4 members (excludes halogenated alkanes) is 1. The number of ether oxygens (including phenoxy) is 2. The fourth-order valence-corrected chi connectivity index (χ4v) is 2.15. The fourth-order valence-electron chi connectivity index (χ4n) is 2.15. The molecule has 0 saturated carbocycles. The number of hydrogen-bond acceptors (Lipinski definition) is 4. The zero-order valence-corrected chi connectivity index (χ0v) is 12.4. The molecule has 1 aliphatic heterocycles.